The Balaban J connectivity index is 2.68. The third-order valence-electron chi connectivity index (χ3n) is 3.62. The first-order valence-corrected chi connectivity index (χ1v) is 11.3. The summed E-state index contributed by atoms with van der Waals surface area (Å²) in [4.78, 5) is 11.7. The van der Waals surface area contributed by atoms with E-state index in [2.05, 4.69) is 10.4 Å². The summed E-state index contributed by atoms with van der Waals surface area (Å²) < 4.78 is 78.9. The van der Waals surface area contributed by atoms with Gasteiger partial charge in [0.15, 0.2) is 11.5 Å². The Labute approximate surface area is 202 Å². The van der Waals surface area contributed by atoms with Gasteiger partial charge >= 0.3 is 11.7 Å². The largest absolute Gasteiger partial charge is 0.446 e. The maximum absolute atomic E-state index is 13.2. The molecule has 0 saturated carbocycles. The van der Waals surface area contributed by atoms with Crippen LogP contribution >= 0.6 is 46.7 Å². The van der Waals surface area contributed by atoms with E-state index in [1.807, 2.05) is 20.8 Å². The number of hydrogen-bond acceptors (Lipinski definition) is 5. The van der Waals surface area contributed by atoms with E-state index in [0.717, 1.165) is 0 Å². The lowest BCUT2D eigenvalue weighted by molar-refractivity contribution is -0.137. The molecule has 1 N–H and O–H groups in total. The average molecular weight is 551 g/mol. The van der Waals surface area contributed by atoms with Crippen LogP contribution < -0.4 is 5.32 Å². The zero-order valence-electron chi connectivity index (χ0n) is 17.0. The summed E-state index contributed by atoms with van der Waals surface area (Å²) in [5.74, 6) is -1.50. The molecule has 33 heavy (non-hydrogen) atoms. The molecule has 0 aliphatic heterocycles. The normalized spacial score (nSPS) is 12.5. The van der Waals surface area contributed by atoms with Gasteiger partial charge in [-0.15, -0.1) is 11.8 Å². The van der Waals surface area contributed by atoms with Crippen molar-refractivity contribution in [1.29, 1.82) is 5.26 Å². The van der Waals surface area contributed by atoms with Crippen LogP contribution in [0.5, 0.6) is 0 Å². The molecule has 0 aliphatic rings. The van der Waals surface area contributed by atoms with Crippen LogP contribution in [0, 0.1) is 11.3 Å². The quantitative estimate of drug-likeness (QED) is 0.316. The first-order valence-electron chi connectivity index (χ1n) is 8.72. The van der Waals surface area contributed by atoms with Crippen molar-refractivity contribution in [3.8, 4) is 11.8 Å². The van der Waals surface area contributed by atoms with Gasteiger partial charge in [-0.1, -0.05) is 44.0 Å². The summed E-state index contributed by atoms with van der Waals surface area (Å²) in [6.45, 7) is 5.45. The molecule has 0 unspecified atom stereocenters. The number of alkyl halides is 6. The number of nitriles is 1. The molecule has 0 spiro atoms. The number of carbonyl (C=O) groups excluding carboxylic acids is 1. The molecule has 0 radical (unpaired) electrons. The van der Waals surface area contributed by atoms with Gasteiger partial charge in [0.25, 0.3) is 0 Å². The van der Waals surface area contributed by atoms with Crippen LogP contribution in [0.25, 0.3) is 5.69 Å². The maximum Gasteiger partial charge on any atom is 0.446 e. The van der Waals surface area contributed by atoms with E-state index in [1.165, 1.54) is 17.8 Å². The molecule has 0 bridgehead atoms. The molecule has 180 valence electrons. The van der Waals surface area contributed by atoms with Gasteiger partial charge in [-0.25, -0.2) is 4.68 Å². The third-order valence-corrected chi connectivity index (χ3v) is 6.29. The van der Waals surface area contributed by atoms with Crippen LogP contribution in [-0.4, -0.2) is 31.7 Å². The van der Waals surface area contributed by atoms with E-state index < -0.39 is 67.1 Å². The van der Waals surface area contributed by atoms with Gasteiger partial charge < -0.3 is 5.32 Å². The fourth-order valence-corrected chi connectivity index (χ4v) is 4.27. The predicted molar refractivity (Wildman–Crippen MR) is 116 cm³/mol. The van der Waals surface area contributed by atoms with E-state index >= 15 is 0 Å². The maximum atomic E-state index is 13.2. The van der Waals surface area contributed by atoms with Gasteiger partial charge in [0.2, 0.25) is 5.91 Å². The molecular formula is C18H14Cl2F6N4OS2. The molecule has 0 atom stereocenters. The molecule has 2 rings (SSSR count). The number of nitrogens with zero attached hydrogens (tertiary/aromatic N) is 3. The first kappa shape index (κ1) is 27.5. The number of rotatable bonds is 5. The molecule has 1 aromatic carbocycles. The Morgan fingerprint density at radius 1 is 1.15 bits per heavy atom. The van der Waals surface area contributed by atoms with Crippen LogP contribution in [0.2, 0.25) is 10.0 Å². The number of amides is 1. The molecule has 1 aromatic heterocycles. The van der Waals surface area contributed by atoms with Gasteiger partial charge in [-0.05, 0) is 23.9 Å². The zero-order chi connectivity index (χ0) is 25.4. The number of halogens is 8. The second kappa shape index (κ2) is 9.85. The molecule has 0 saturated heterocycles. The molecule has 2 aromatic rings. The van der Waals surface area contributed by atoms with Crippen LogP contribution in [-0.2, 0) is 11.0 Å². The monoisotopic (exact) mass is 550 g/mol. The standard InChI is InChI=1S/C18H14Cl2F6N4OS2/c1-16(2,3)32-7-12(31)28-15-14(33-18(24,25)26)11(6-27)29-30(15)13-9(19)4-8(5-10(13)20)17(21,22)23/h4-5H,7H2,1-3H3,(H,28,31). The van der Waals surface area contributed by atoms with Gasteiger partial charge in [0.05, 0.1) is 26.3 Å². The van der Waals surface area contributed by atoms with Gasteiger partial charge in [0.1, 0.15) is 11.8 Å². The highest BCUT2D eigenvalue weighted by atomic mass is 35.5. The number of benzene rings is 1. The van der Waals surface area contributed by atoms with Crippen LogP contribution in [0.1, 0.15) is 32.0 Å². The highest BCUT2D eigenvalue weighted by Crippen LogP contribution is 2.45. The molecule has 0 fully saturated rings. The summed E-state index contributed by atoms with van der Waals surface area (Å²) in [7, 11) is 0. The Morgan fingerprint density at radius 2 is 1.70 bits per heavy atom. The van der Waals surface area contributed by atoms with E-state index in [4.69, 9.17) is 23.2 Å². The summed E-state index contributed by atoms with van der Waals surface area (Å²) in [6.07, 6.45) is -4.80. The van der Waals surface area contributed by atoms with Crippen molar-refractivity contribution in [2.45, 2.75) is 42.1 Å². The average Bonchev–Trinajstić information content (AvgIpc) is 2.94. The van der Waals surface area contributed by atoms with E-state index in [9.17, 15) is 36.4 Å². The lowest BCUT2D eigenvalue weighted by Gasteiger charge is -2.18. The van der Waals surface area contributed by atoms with Gasteiger partial charge in [-0.2, -0.15) is 36.7 Å². The fraction of sp³-hybridized carbons (Fsp3) is 0.389. The van der Waals surface area contributed by atoms with Gasteiger partial charge in [0, 0.05) is 4.75 Å². The lowest BCUT2D eigenvalue weighted by Crippen LogP contribution is -2.21. The number of aromatic nitrogens is 2. The highest BCUT2D eigenvalue weighted by Gasteiger charge is 2.37. The van der Waals surface area contributed by atoms with E-state index in [-0.39, 0.29) is 10.5 Å². The van der Waals surface area contributed by atoms with Crippen molar-refractivity contribution in [1.82, 2.24) is 9.78 Å². The second-order valence-corrected chi connectivity index (χ2v) is 11.0. The summed E-state index contributed by atoms with van der Waals surface area (Å²) in [6, 6.07) is 2.49. The van der Waals surface area contributed by atoms with Crippen molar-refractivity contribution in [2.75, 3.05) is 11.1 Å². The minimum Gasteiger partial charge on any atom is -0.309 e. The molecular weight excluding hydrogens is 537 g/mol. The summed E-state index contributed by atoms with van der Waals surface area (Å²) in [5, 5.41) is 14.1. The molecule has 0 aliphatic carbocycles. The summed E-state index contributed by atoms with van der Waals surface area (Å²) >= 11 is 12.4. The Hall–Kier alpha value is -1.75. The SMILES string of the molecule is CC(C)(C)SCC(=O)Nc1c(SC(F)(F)F)c(C#N)nn1-c1c(Cl)cc(C(F)(F)F)cc1Cl. The number of carbonyl (C=O) groups is 1. The van der Waals surface area contributed by atoms with E-state index in [0.29, 0.717) is 16.8 Å². The predicted octanol–water partition coefficient (Wildman–Crippen LogP) is 7.15. The third kappa shape index (κ3) is 7.37. The number of thioether (sulfide) groups is 2. The van der Waals surface area contributed by atoms with Gasteiger partial charge in [-0.3, -0.25) is 4.79 Å². The Morgan fingerprint density at radius 3 is 2.12 bits per heavy atom. The minimum atomic E-state index is -4.87. The number of anilines is 1. The fourth-order valence-electron chi connectivity index (χ4n) is 2.34. The van der Waals surface area contributed by atoms with Crippen LogP contribution in [0.4, 0.5) is 32.2 Å². The smallest absolute Gasteiger partial charge is 0.309 e. The molecule has 1 heterocycles. The van der Waals surface area contributed by atoms with Crippen molar-refractivity contribution >= 4 is 58.5 Å². The van der Waals surface area contributed by atoms with Crippen LogP contribution in [0.15, 0.2) is 17.0 Å². The number of nitrogens with one attached hydrogen (secondary N) is 1. The first-order chi connectivity index (χ1) is 14.9. The topological polar surface area (TPSA) is 70.7 Å². The Bertz CT molecular complexity index is 1080. The summed E-state index contributed by atoms with van der Waals surface area (Å²) in [5.41, 5.74) is -7.24. The zero-order valence-corrected chi connectivity index (χ0v) is 20.1. The lowest BCUT2D eigenvalue weighted by atomic mass is 10.2. The number of hydrogen-bond donors (Lipinski definition) is 1. The van der Waals surface area contributed by atoms with E-state index in [1.54, 1.807) is 0 Å². The highest BCUT2D eigenvalue weighted by molar-refractivity contribution is 8.01. The minimum absolute atomic E-state index is 0.166. The van der Waals surface area contributed by atoms with Crippen molar-refractivity contribution in [3.05, 3.63) is 33.4 Å². The van der Waals surface area contributed by atoms with Crippen LogP contribution in [0.3, 0.4) is 0 Å². The second-order valence-electron chi connectivity index (χ2n) is 7.33. The molecule has 5 nitrogen and oxygen atoms in total. The Kier molecular flexibility index (Phi) is 8.21. The van der Waals surface area contributed by atoms with Crippen molar-refractivity contribution < 1.29 is 31.1 Å². The molecule has 15 heteroatoms. The van der Waals surface area contributed by atoms with Crippen molar-refractivity contribution in [3.63, 3.8) is 0 Å². The molecule has 1 amide bonds. The van der Waals surface area contributed by atoms with Crippen molar-refractivity contribution in [2.24, 2.45) is 0 Å².